The molecule has 1 aliphatic rings. The molecule has 1 aromatic carbocycles. The van der Waals surface area contributed by atoms with Crippen LogP contribution >= 0.6 is 15.9 Å². The van der Waals surface area contributed by atoms with Crippen molar-refractivity contribution in [3.63, 3.8) is 0 Å². The van der Waals surface area contributed by atoms with Gasteiger partial charge in [-0.2, -0.15) is 0 Å². The van der Waals surface area contributed by atoms with Gasteiger partial charge in [0.25, 0.3) is 5.91 Å². The van der Waals surface area contributed by atoms with Crippen molar-refractivity contribution in [1.82, 2.24) is 4.90 Å². The number of piperidine rings is 1. The van der Waals surface area contributed by atoms with E-state index in [1.54, 1.807) is 11.0 Å². The lowest BCUT2D eigenvalue weighted by atomic mass is 10.0. The van der Waals surface area contributed by atoms with Gasteiger partial charge in [0, 0.05) is 11.0 Å². The van der Waals surface area contributed by atoms with E-state index in [1.807, 2.05) is 18.2 Å². The van der Waals surface area contributed by atoms with Crippen LogP contribution in [-0.2, 0) is 9.53 Å². The number of esters is 1. The van der Waals surface area contributed by atoms with Gasteiger partial charge in [0.05, 0.1) is 12.7 Å². The van der Waals surface area contributed by atoms with Gasteiger partial charge in [0.15, 0.2) is 0 Å². The van der Waals surface area contributed by atoms with Gasteiger partial charge in [0.1, 0.15) is 6.04 Å². The number of methoxy groups -OCH3 is 1. The van der Waals surface area contributed by atoms with Crippen LogP contribution < -0.4 is 0 Å². The Balaban J connectivity index is 2.25. The van der Waals surface area contributed by atoms with Gasteiger partial charge in [-0.25, -0.2) is 4.79 Å². The summed E-state index contributed by atoms with van der Waals surface area (Å²) in [6.45, 7) is 0.597. The highest BCUT2D eigenvalue weighted by Gasteiger charge is 2.33. The van der Waals surface area contributed by atoms with Crippen LogP contribution in [0.15, 0.2) is 28.7 Å². The van der Waals surface area contributed by atoms with E-state index >= 15 is 0 Å². The Morgan fingerprint density at radius 2 is 2.05 bits per heavy atom. The molecule has 102 valence electrons. The van der Waals surface area contributed by atoms with Crippen LogP contribution in [0.25, 0.3) is 0 Å². The maximum absolute atomic E-state index is 12.5. The molecule has 0 aromatic heterocycles. The predicted octanol–water partition coefficient (Wildman–Crippen LogP) is 2.62. The largest absolute Gasteiger partial charge is 0.467 e. The Hall–Kier alpha value is -1.36. The third-order valence-electron chi connectivity index (χ3n) is 3.34. The molecule has 0 saturated carbocycles. The summed E-state index contributed by atoms with van der Waals surface area (Å²) in [4.78, 5) is 25.9. The first-order valence-corrected chi connectivity index (χ1v) is 7.07. The van der Waals surface area contributed by atoms with E-state index in [-0.39, 0.29) is 11.9 Å². The monoisotopic (exact) mass is 325 g/mol. The summed E-state index contributed by atoms with van der Waals surface area (Å²) in [7, 11) is 1.36. The summed E-state index contributed by atoms with van der Waals surface area (Å²) in [5.41, 5.74) is 0.582. The number of carbonyl (C=O) groups is 2. The molecule has 0 N–H and O–H groups in total. The number of hydrogen-bond acceptors (Lipinski definition) is 3. The van der Waals surface area contributed by atoms with Crippen LogP contribution in [0.2, 0.25) is 0 Å². The van der Waals surface area contributed by atoms with Crippen molar-refractivity contribution in [2.45, 2.75) is 25.3 Å². The van der Waals surface area contributed by atoms with Crippen molar-refractivity contribution in [1.29, 1.82) is 0 Å². The molecule has 5 heteroatoms. The maximum Gasteiger partial charge on any atom is 0.328 e. The number of benzene rings is 1. The van der Waals surface area contributed by atoms with Crippen molar-refractivity contribution in [3.05, 3.63) is 34.3 Å². The minimum atomic E-state index is -0.460. The van der Waals surface area contributed by atoms with Gasteiger partial charge >= 0.3 is 5.97 Å². The molecule has 1 heterocycles. The summed E-state index contributed by atoms with van der Waals surface area (Å²) < 4.78 is 5.54. The lowest BCUT2D eigenvalue weighted by molar-refractivity contribution is -0.147. The number of hydrogen-bond donors (Lipinski definition) is 0. The Bertz CT molecular complexity index is 489. The Labute approximate surface area is 120 Å². The van der Waals surface area contributed by atoms with Gasteiger partial charge in [-0.15, -0.1) is 0 Å². The Kier molecular flexibility index (Phi) is 4.58. The molecule has 1 fully saturated rings. The molecule has 1 aromatic rings. The lowest BCUT2D eigenvalue weighted by Gasteiger charge is -2.34. The van der Waals surface area contributed by atoms with Gasteiger partial charge in [-0.05, 0) is 47.3 Å². The third-order valence-corrected chi connectivity index (χ3v) is 4.03. The second kappa shape index (κ2) is 6.19. The SMILES string of the molecule is COC(=O)C1CCCCN1C(=O)c1ccccc1Br. The fraction of sp³-hybridized carbons (Fsp3) is 0.429. The molecule has 4 nitrogen and oxygen atoms in total. The zero-order valence-corrected chi connectivity index (χ0v) is 12.4. The first kappa shape index (κ1) is 14.1. The van der Waals surface area contributed by atoms with Crippen LogP contribution in [0.4, 0.5) is 0 Å². The normalized spacial score (nSPS) is 19.1. The van der Waals surface area contributed by atoms with Crippen molar-refractivity contribution in [2.24, 2.45) is 0 Å². The fourth-order valence-electron chi connectivity index (χ4n) is 2.35. The highest BCUT2D eigenvalue weighted by molar-refractivity contribution is 9.10. The summed E-state index contributed by atoms with van der Waals surface area (Å²) in [5, 5.41) is 0. The zero-order valence-electron chi connectivity index (χ0n) is 10.8. The molecule has 1 atom stereocenters. The van der Waals surface area contributed by atoms with Crippen LogP contribution in [0.1, 0.15) is 29.6 Å². The number of halogens is 1. The Morgan fingerprint density at radius 3 is 2.74 bits per heavy atom. The van der Waals surface area contributed by atoms with Gasteiger partial charge < -0.3 is 9.64 Å². The minimum absolute atomic E-state index is 0.123. The summed E-state index contributed by atoms with van der Waals surface area (Å²) in [5.74, 6) is -0.456. The van der Waals surface area contributed by atoms with Gasteiger partial charge in [-0.1, -0.05) is 12.1 Å². The van der Waals surface area contributed by atoms with Crippen LogP contribution in [0.5, 0.6) is 0 Å². The molecule has 1 amide bonds. The van der Waals surface area contributed by atoms with E-state index in [2.05, 4.69) is 15.9 Å². The first-order chi connectivity index (χ1) is 9.15. The Morgan fingerprint density at radius 1 is 1.32 bits per heavy atom. The fourth-order valence-corrected chi connectivity index (χ4v) is 2.80. The maximum atomic E-state index is 12.5. The zero-order chi connectivity index (χ0) is 13.8. The average molecular weight is 326 g/mol. The number of carbonyl (C=O) groups excluding carboxylic acids is 2. The van der Waals surface area contributed by atoms with E-state index in [1.165, 1.54) is 7.11 Å². The van der Waals surface area contributed by atoms with Crippen molar-refractivity contribution < 1.29 is 14.3 Å². The van der Waals surface area contributed by atoms with Crippen molar-refractivity contribution >= 4 is 27.8 Å². The summed E-state index contributed by atoms with van der Waals surface area (Å²) in [6.07, 6.45) is 2.53. The number of rotatable bonds is 2. The second-order valence-corrected chi connectivity index (χ2v) is 5.37. The predicted molar refractivity (Wildman–Crippen MR) is 74.8 cm³/mol. The highest BCUT2D eigenvalue weighted by atomic mass is 79.9. The molecular formula is C14H16BrNO3. The van der Waals surface area contributed by atoms with Crippen molar-refractivity contribution in [3.8, 4) is 0 Å². The summed E-state index contributed by atoms with van der Waals surface area (Å²) >= 11 is 3.37. The molecule has 0 aliphatic carbocycles. The molecule has 1 saturated heterocycles. The number of likely N-dealkylation sites (tertiary alicyclic amines) is 1. The topological polar surface area (TPSA) is 46.6 Å². The molecule has 19 heavy (non-hydrogen) atoms. The number of nitrogens with zero attached hydrogens (tertiary/aromatic N) is 1. The van der Waals surface area contributed by atoms with Gasteiger partial charge in [0.2, 0.25) is 0 Å². The van der Waals surface area contributed by atoms with Crippen molar-refractivity contribution in [2.75, 3.05) is 13.7 Å². The van der Waals surface area contributed by atoms with E-state index in [0.29, 0.717) is 18.5 Å². The van der Waals surface area contributed by atoms with E-state index < -0.39 is 6.04 Å². The highest BCUT2D eigenvalue weighted by Crippen LogP contribution is 2.24. The molecular weight excluding hydrogens is 310 g/mol. The number of amides is 1. The average Bonchev–Trinajstić information content (AvgIpc) is 2.46. The first-order valence-electron chi connectivity index (χ1n) is 6.28. The van der Waals surface area contributed by atoms with Crippen LogP contribution in [-0.4, -0.2) is 36.5 Å². The minimum Gasteiger partial charge on any atom is -0.467 e. The molecule has 2 rings (SSSR count). The van der Waals surface area contributed by atoms with E-state index in [9.17, 15) is 9.59 Å². The standard InChI is InChI=1S/C14H16BrNO3/c1-19-14(18)12-8-4-5-9-16(12)13(17)10-6-2-3-7-11(10)15/h2-3,6-7,12H,4-5,8-9H2,1H3. The van der Waals surface area contributed by atoms with Crippen LogP contribution in [0, 0.1) is 0 Å². The van der Waals surface area contributed by atoms with Crippen LogP contribution in [0.3, 0.4) is 0 Å². The second-order valence-electron chi connectivity index (χ2n) is 4.51. The van der Waals surface area contributed by atoms with E-state index in [4.69, 9.17) is 4.74 Å². The molecule has 0 spiro atoms. The quantitative estimate of drug-likeness (QED) is 0.785. The molecule has 1 unspecified atom stereocenters. The third kappa shape index (κ3) is 2.97. The smallest absolute Gasteiger partial charge is 0.328 e. The lowest BCUT2D eigenvalue weighted by Crippen LogP contribution is -2.48. The van der Waals surface area contributed by atoms with E-state index in [0.717, 1.165) is 17.3 Å². The number of ether oxygens (including phenoxy) is 1. The molecule has 0 bridgehead atoms. The summed E-state index contributed by atoms with van der Waals surface area (Å²) in [6, 6.07) is 6.79. The molecule has 1 aliphatic heterocycles. The van der Waals surface area contributed by atoms with Gasteiger partial charge in [-0.3, -0.25) is 4.79 Å². The molecule has 0 radical (unpaired) electrons.